The summed E-state index contributed by atoms with van der Waals surface area (Å²) in [5.41, 5.74) is 3.15. The SMILES string of the molecule is CCOC(=O)c1ccc(CCC(=O)c2ccc(OP(=O)(O)Oc3ccc(C(=O)CCc4ccc(C(=O)OCC)cc4)cc3OC)c(OC)c2)cc1. The van der Waals surface area contributed by atoms with Crippen LogP contribution in [0.5, 0.6) is 23.0 Å². The lowest BCUT2D eigenvalue weighted by Gasteiger charge is -2.18. The third-order valence-corrected chi connectivity index (χ3v) is 8.47. The van der Waals surface area contributed by atoms with Gasteiger partial charge in [0, 0.05) is 24.0 Å². The number of aryl methyl sites for hydroxylation is 2. The van der Waals surface area contributed by atoms with Gasteiger partial charge in [-0.3, -0.25) is 14.5 Å². The van der Waals surface area contributed by atoms with E-state index in [1.807, 2.05) is 0 Å². The third-order valence-electron chi connectivity index (χ3n) is 7.61. The maximum atomic E-state index is 13.1. The highest BCUT2D eigenvalue weighted by Gasteiger charge is 2.29. The molecule has 0 bridgehead atoms. The van der Waals surface area contributed by atoms with E-state index in [-0.39, 0.29) is 60.6 Å². The molecule has 0 atom stereocenters. The van der Waals surface area contributed by atoms with Crippen molar-refractivity contribution in [3.8, 4) is 23.0 Å². The van der Waals surface area contributed by atoms with Crippen LogP contribution in [0.1, 0.15) is 79.2 Å². The fourth-order valence-corrected chi connectivity index (χ4v) is 5.78. The molecule has 0 unspecified atom stereocenters. The van der Waals surface area contributed by atoms with E-state index in [0.717, 1.165) is 11.1 Å². The molecular formula is C38H39O12P. The van der Waals surface area contributed by atoms with Gasteiger partial charge < -0.3 is 28.0 Å². The highest BCUT2D eigenvalue weighted by Crippen LogP contribution is 2.49. The van der Waals surface area contributed by atoms with Crippen molar-refractivity contribution < 1.29 is 56.6 Å². The van der Waals surface area contributed by atoms with Crippen molar-refractivity contribution in [1.29, 1.82) is 0 Å². The summed E-state index contributed by atoms with van der Waals surface area (Å²) >= 11 is 0. The number of methoxy groups -OCH3 is 2. The molecule has 0 aliphatic rings. The first-order valence-electron chi connectivity index (χ1n) is 16.1. The van der Waals surface area contributed by atoms with Gasteiger partial charge in [0.25, 0.3) is 0 Å². The number of Topliss-reactive ketones (excluding diaryl/α,β-unsaturated/α-hetero) is 2. The Morgan fingerprint density at radius 2 is 0.902 bits per heavy atom. The smallest absolute Gasteiger partial charge is 0.493 e. The maximum Gasteiger partial charge on any atom is 0.585 e. The van der Waals surface area contributed by atoms with Crippen molar-refractivity contribution in [3.63, 3.8) is 0 Å². The van der Waals surface area contributed by atoms with Crippen LogP contribution in [0.15, 0.2) is 84.9 Å². The molecule has 0 heterocycles. The van der Waals surface area contributed by atoms with E-state index in [4.69, 9.17) is 28.0 Å². The van der Waals surface area contributed by atoms with Gasteiger partial charge in [-0.05, 0) is 98.5 Å². The lowest BCUT2D eigenvalue weighted by atomic mass is 10.0. The molecule has 4 aromatic rings. The number of rotatable bonds is 18. The van der Waals surface area contributed by atoms with Gasteiger partial charge in [-0.1, -0.05) is 24.3 Å². The van der Waals surface area contributed by atoms with Crippen molar-refractivity contribution in [3.05, 3.63) is 118 Å². The molecule has 0 aliphatic heterocycles. The summed E-state index contributed by atoms with van der Waals surface area (Å²) in [6, 6.07) is 22.0. The van der Waals surface area contributed by atoms with Crippen LogP contribution in [-0.4, -0.2) is 55.8 Å². The largest absolute Gasteiger partial charge is 0.585 e. The molecule has 1 N–H and O–H groups in total. The number of phosphoric acid groups is 1. The fraction of sp³-hybridized carbons (Fsp3) is 0.263. The number of hydrogen-bond donors (Lipinski definition) is 1. The van der Waals surface area contributed by atoms with Crippen molar-refractivity contribution in [2.45, 2.75) is 39.5 Å². The topological polar surface area (TPSA) is 161 Å². The lowest BCUT2D eigenvalue weighted by molar-refractivity contribution is 0.0516. The Morgan fingerprint density at radius 1 is 0.549 bits per heavy atom. The second kappa shape index (κ2) is 18.0. The van der Waals surface area contributed by atoms with E-state index in [1.54, 1.807) is 62.4 Å². The monoisotopic (exact) mass is 718 g/mol. The normalized spacial score (nSPS) is 10.9. The van der Waals surface area contributed by atoms with Crippen LogP contribution < -0.4 is 18.5 Å². The van der Waals surface area contributed by atoms with Gasteiger partial charge in [-0.2, -0.15) is 0 Å². The minimum Gasteiger partial charge on any atom is -0.493 e. The molecule has 51 heavy (non-hydrogen) atoms. The average molecular weight is 719 g/mol. The molecule has 0 fully saturated rings. The van der Waals surface area contributed by atoms with Gasteiger partial charge in [-0.15, -0.1) is 0 Å². The number of phosphoric ester groups is 1. The van der Waals surface area contributed by atoms with E-state index in [1.165, 1.54) is 50.6 Å². The first-order chi connectivity index (χ1) is 24.5. The molecule has 0 saturated carbocycles. The van der Waals surface area contributed by atoms with E-state index in [0.29, 0.717) is 35.1 Å². The number of benzene rings is 4. The molecule has 0 radical (unpaired) electrons. The van der Waals surface area contributed by atoms with Crippen LogP contribution in [0.25, 0.3) is 0 Å². The van der Waals surface area contributed by atoms with Gasteiger partial charge in [0.2, 0.25) is 0 Å². The predicted molar refractivity (Wildman–Crippen MR) is 187 cm³/mol. The summed E-state index contributed by atoms with van der Waals surface area (Å²) in [5, 5.41) is 0. The number of ether oxygens (including phenoxy) is 4. The molecule has 0 saturated heterocycles. The van der Waals surface area contributed by atoms with Gasteiger partial charge in [0.05, 0.1) is 38.6 Å². The van der Waals surface area contributed by atoms with Crippen LogP contribution in [0.3, 0.4) is 0 Å². The number of ketones is 2. The van der Waals surface area contributed by atoms with Gasteiger partial charge in [0.15, 0.2) is 34.6 Å². The van der Waals surface area contributed by atoms with Gasteiger partial charge in [-0.25, -0.2) is 14.2 Å². The molecule has 13 heteroatoms. The summed E-state index contributed by atoms with van der Waals surface area (Å²) in [6.45, 7) is 4.01. The highest BCUT2D eigenvalue weighted by atomic mass is 31.2. The van der Waals surface area contributed by atoms with Crippen LogP contribution in [-0.2, 0) is 26.9 Å². The van der Waals surface area contributed by atoms with Crippen molar-refractivity contribution >= 4 is 31.3 Å². The molecular weight excluding hydrogens is 679 g/mol. The van der Waals surface area contributed by atoms with Crippen molar-refractivity contribution in [1.82, 2.24) is 0 Å². The minimum absolute atomic E-state index is 0.0287. The Kier molecular flexibility index (Phi) is 13.5. The Balaban J connectivity index is 1.36. The third kappa shape index (κ3) is 10.8. The number of hydrogen-bond acceptors (Lipinski definition) is 11. The zero-order valence-electron chi connectivity index (χ0n) is 28.7. The minimum atomic E-state index is -4.83. The molecule has 0 spiro atoms. The van der Waals surface area contributed by atoms with Gasteiger partial charge in [0.1, 0.15) is 0 Å². The number of carbonyl (C=O) groups is 4. The Morgan fingerprint density at radius 3 is 1.24 bits per heavy atom. The highest BCUT2D eigenvalue weighted by molar-refractivity contribution is 7.48. The second-order valence-corrected chi connectivity index (χ2v) is 12.4. The number of esters is 2. The molecule has 4 aromatic carbocycles. The van der Waals surface area contributed by atoms with Crippen molar-refractivity contribution in [2.24, 2.45) is 0 Å². The van der Waals surface area contributed by atoms with E-state index < -0.39 is 19.8 Å². The zero-order chi connectivity index (χ0) is 37.0. The Hall–Kier alpha value is -5.45. The Labute approximate surface area is 295 Å². The molecule has 268 valence electrons. The average Bonchev–Trinajstić information content (AvgIpc) is 3.13. The number of carbonyl (C=O) groups excluding carboxylic acids is 4. The summed E-state index contributed by atoms with van der Waals surface area (Å²) < 4.78 is 44.3. The Bertz CT molecular complexity index is 1770. The fourth-order valence-electron chi connectivity index (χ4n) is 4.95. The van der Waals surface area contributed by atoms with Crippen LogP contribution in [0, 0.1) is 0 Å². The molecule has 0 aliphatic carbocycles. The summed E-state index contributed by atoms with van der Waals surface area (Å²) in [6.07, 6.45) is 1.15. The maximum absolute atomic E-state index is 13.1. The van der Waals surface area contributed by atoms with E-state index in [9.17, 15) is 28.6 Å². The van der Waals surface area contributed by atoms with Crippen LogP contribution in [0.4, 0.5) is 0 Å². The van der Waals surface area contributed by atoms with Crippen LogP contribution >= 0.6 is 7.82 Å². The standard InChI is InChI=1S/C38H39O12P/c1-5-47-37(41)27-13-7-25(8-14-27)11-19-31(39)29-17-21-33(35(23-29)45-3)49-51(43,44)50-34-22-18-30(24-36(34)46-4)32(40)20-12-26-9-15-28(16-10-26)38(42)48-6-2/h7-10,13-18,21-24H,5-6,11-12,19-20H2,1-4H3,(H,43,44). The summed E-state index contributed by atoms with van der Waals surface area (Å²) in [7, 11) is -2.18. The van der Waals surface area contributed by atoms with Gasteiger partial charge >= 0.3 is 19.8 Å². The lowest BCUT2D eigenvalue weighted by Crippen LogP contribution is -2.06. The van der Waals surface area contributed by atoms with E-state index in [2.05, 4.69) is 0 Å². The summed E-state index contributed by atoms with van der Waals surface area (Å²) in [4.78, 5) is 60.2. The zero-order valence-corrected chi connectivity index (χ0v) is 29.6. The summed E-state index contributed by atoms with van der Waals surface area (Å²) in [5.74, 6) is -1.47. The van der Waals surface area contributed by atoms with E-state index >= 15 is 0 Å². The first-order valence-corrected chi connectivity index (χ1v) is 17.6. The molecule has 4 rings (SSSR count). The molecule has 0 aromatic heterocycles. The molecule has 12 nitrogen and oxygen atoms in total. The van der Waals surface area contributed by atoms with Crippen LogP contribution in [0.2, 0.25) is 0 Å². The van der Waals surface area contributed by atoms with Crippen molar-refractivity contribution in [2.75, 3.05) is 27.4 Å². The molecule has 0 amide bonds. The quantitative estimate of drug-likeness (QED) is 0.0625. The first kappa shape index (κ1) is 38.4. The predicted octanol–water partition coefficient (Wildman–Crippen LogP) is 7.25. The second-order valence-electron chi connectivity index (χ2n) is 11.1.